The smallest absolute Gasteiger partial charge is 0.203 e. The largest absolute Gasteiger partial charge is 0.493 e. The highest BCUT2D eigenvalue weighted by Gasteiger charge is 2.11. The predicted molar refractivity (Wildman–Crippen MR) is 78.2 cm³/mol. The molecule has 0 aliphatic rings. The van der Waals surface area contributed by atoms with E-state index < -0.39 is 0 Å². The molecule has 0 spiro atoms. The molecule has 2 aromatic rings. The molecule has 0 unspecified atom stereocenters. The molecule has 2 rings (SSSR count). The van der Waals surface area contributed by atoms with Crippen LogP contribution in [0.1, 0.15) is 11.1 Å². The van der Waals surface area contributed by atoms with Gasteiger partial charge in [0.1, 0.15) is 12.4 Å². The molecule has 0 saturated heterocycles. The maximum atomic E-state index is 13.4. The van der Waals surface area contributed by atoms with Gasteiger partial charge in [0.05, 0.1) is 14.2 Å². The number of ether oxygens (including phenoxy) is 3. The van der Waals surface area contributed by atoms with Gasteiger partial charge < -0.3 is 19.9 Å². The lowest BCUT2D eigenvalue weighted by atomic mass is 10.1. The minimum atomic E-state index is -0.309. The van der Waals surface area contributed by atoms with Gasteiger partial charge in [0, 0.05) is 12.1 Å². The lowest BCUT2D eigenvalue weighted by Gasteiger charge is -2.14. The summed E-state index contributed by atoms with van der Waals surface area (Å²) in [6.07, 6.45) is 0. The van der Waals surface area contributed by atoms with Crippen LogP contribution >= 0.6 is 0 Å². The van der Waals surface area contributed by atoms with E-state index in [1.54, 1.807) is 38.5 Å². The van der Waals surface area contributed by atoms with Crippen molar-refractivity contribution in [3.8, 4) is 17.2 Å². The Balaban J connectivity index is 2.20. The summed E-state index contributed by atoms with van der Waals surface area (Å²) in [6.45, 7) is 0.418. The van der Waals surface area contributed by atoms with Crippen molar-refractivity contribution in [2.45, 2.75) is 13.2 Å². The molecule has 0 aliphatic heterocycles. The van der Waals surface area contributed by atoms with Crippen molar-refractivity contribution in [3.05, 3.63) is 53.3 Å². The highest BCUT2D eigenvalue weighted by molar-refractivity contribution is 5.51. The summed E-state index contributed by atoms with van der Waals surface area (Å²) in [4.78, 5) is 0. The molecule has 0 fully saturated rings. The second-order valence-corrected chi connectivity index (χ2v) is 4.41. The Bertz CT molecular complexity index is 594. The fourth-order valence-corrected chi connectivity index (χ4v) is 1.99. The second kappa shape index (κ2) is 6.95. The van der Waals surface area contributed by atoms with E-state index in [4.69, 9.17) is 19.9 Å². The molecule has 0 saturated carbocycles. The first-order valence-corrected chi connectivity index (χ1v) is 6.50. The van der Waals surface area contributed by atoms with Crippen LogP contribution in [0.5, 0.6) is 17.2 Å². The van der Waals surface area contributed by atoms with Crippen LogP contribution in [0.3, 0.4) is 0 Å². The third-order valence-electron chi connectivity index (χ3n) is 3.10. The van der Waals surface area contributed by atoms with Crippen LogP contribution < -0.4 is 19.9 Å². The minimum Gasteiger partial charge on any atom is -0.493 e. The molecule has 2 aromatic carbocycles. The topological polar surface area (TPSA) is 53.7 Å². The van der Waals surface area contributed by atoms with Crippen LogP contribution in [0, 0.1) is 5.82 Å². The summed E-state index contributed by atoms with van der Waals surface area (Å²) in [5.74, 6) is 1.36. The van der Waals surface area contributed by atoms with E-state index in [-0.39, 0.29) is 19.0 Å². The van der Waals surface area contributed by atoms with Gasteiger partial charge in [0.15, 0.2) is 11.5 Å². The Labute approximate surface area is 123 Å². The molecule has 2 N–H and O–H groups in total. The number of methoxy groups -OCH3 is 2. The number of benzene rings is 2. The monoisotopic (exact) mass is 291 g/mol. The minimum absolute atomic E-state index is 0.150. The van der Waals surface area contributed by atoms with Crippen LogP contribution in [-0.2, 0) is 13.2 Å². The third-order valence-corrected chi connectivity index (χ3v) is 3.10. The van der Waals surface area contributed by atoms with Gasteiger partial charge in [-0.3, -0.25) is 0 Å². The van der Waals surface area contributed by atoms with Gasteiger partial charge in [0.25, 0.3) is 0 Å². The van der Waals surface area contributed by atoms with Gasteiger partial charge in [0.2, 0.25) is 5.75 Å². The zero-order valence-electron chi connectivity index (χ0n) is 12.1. The average Bonchev–Trinajstić information content (AvgIpc) is 2.53. The van der Waals surface area contributed by atoms with Crippen LogP contribution in [0.25, 0.3) is 0 Å². The van der Waals surface area contributed by atoms with E-state index in [0.29, 0.717) is 22.8 Å². The third kappa shape index (κ3) is 3.44. The Morgan fingerprint density at radius 3 is 2.29 bits per heavy atom. The molecular formula is C16H18FNO3. The Morgan fingerprint density at radius 2 is 1.71 bits per heavy atom. The molecule has 5 heteroatoms. The van der Waals surface area contributed by atoms with E-state index in [1.165, 1.54) is 6.07 Å². The Morgan fingerprint density at radius 1 is 1.05 bits per heavy atom. The van der Waals surface area contributed by atoms with E-state index in [1.807, 2.05) is 6.07 Å². The van der Waals surface area contributed by atoms with Crippen molar-refractivity contribution in [2.75, 3.05) is 14.2 Å². The number of hydrogen-bond donors (Lipinski definition) is 1. The first-order chi connectivity index (χ1) is 10.2. The zero-order valence-corrected chi connectivity index (χ0v) is 12.1. The summed E-state index contributed by atoms with van der Waals surface area (Å²) in [5.41, 5.74) is 6.78. The number of para-hydroxylation sites is 1. The molecule has 0 amide bonds. The maximum Gasteiger partial charge on any atom is 0.203 e. The molecule has 0 atom stereocenters. The maximum absolute atomic E-state index is 13.4. The number of halogens is 1. The van der Waals surface area contributed by atoms with Gasteiger partial charge in [-0.1, -0.05) is 12.1 Å². The van der Waals surface area contributed by atoms with Gasteiger partial charge in [-0.25, -0.2) is 4.39 Å². The highest BCUT2D eigenvalue weighted by atomic mass is 19.1. The van der Waals surface area contributed by atoms with Crippen molar-refractivity contribution in [1.29, 1.82) is 0 Å². The summed E-state index contributed by atoms with van der Waals surface area (Å²) in [7, 11) is 3.12. The van der Waals surface area contributed by atoms with Crippen molar-refractivity contribution in [3.63, 3.8) is 0 Å². The van der Waals surface area contributed by atoms with Crippen molar-refractivity contribution >= 4 is 0 Å². The zero-order chi connectivity index (χ0) is 15.2. The summed E-state index contributed by atoms with van der Waals surface area (Å²) < 4.78 is 29.7. The molecule has 0 bridgehead atoms. The fourth-order valence-electron chi connectivity index (χ4n) is 1.99. The number of nitrogens with two attached hydrogens (primary N) is 1. The number of hydrogen-bond acceptors (Lipinski definition) is 4. The van der Waals surface area contributed by atoms with E-state index in [2.05, 4.69) is 0 Å². The van der Waals surface area contributed by atoms with Crippen LogP contribution in [0.15, 0.2) is 36.4 Å². The number of rotatable bonds is 6. The van der Waals surface area contributed by atoms with Crippen LogP contribution in [0.2, 0.25) is 0 Å². The molecule has 4 nitrogen and oxygen atoms in total. The second-order valence-electron chi connectivity index (χ2n) is 4.41. The Hall–Kier alpha value is -2.27. The van der Waals surface area contributed by atoms with Crippen LogP contribution in [-0.4, -0.2) is 14.2 Å². The first-order valence-electron chi connectivity index (χ1n) is 6.50. The standard InChI is InChI=1S/C16H18FNO3/c1-19-14-4-3-5-15(20-2)16(14)21-10-11-6-7-13(17)12(8-11)9-18/h3-8H,9-10,18H2,1-2H3. The van der Waals surface area contributed by atoms with E-state index in [9.17, 15) is 4.39 Å². The van der Waals surface area contributed by atoms with Crippen molar-refractivity contribution in [2.24, 2.45) is 5.73 Å². The summed E-state index contributed by atoms with van der Waals surface area (Å²) in [6, 6.07) is 10.1. The Kier molecular flexibility index (Phi) is 5.00. The molecular weight excluding hydrogens is 273 g/mol. The quantitative estimate of drug-likeness (QED) is 0.889. The van der Waals surface area contributed by atoms with E-state index >= 15 is 0 Å². The van der Waals surface area contributed by atoms with Crippen molar-refractivity contribution < 1.29 is 18.6 Å². The molecule has 0 heterocycles. The first kappa shape index (κ1) is 15.1. The van der Waals surface area contributed by atoms with Crippen LogP contribution in [0.4, 0.5) is 4.39 Å². The van der Waals surface area contributed by atoms with E-state index in [0.717, 1.165) is 5.56 Å². The highest BCUT2D eigenvalue weighted by Crippen LogP contribution is 2.37. The lowest BCUT2D eigenvalue weighted by Crippen LogP contribution is -2.04. The molecule has 0 radical (unpaired) electrons. The van der Waals surface area contributed by atoms with Gasteiger partial charge >= 0.3 is 0 Å². The van der Waals surface area contributed by atoms with Gasteiger partial charge in [-0.2, -0.15) is 0 Å². The molecule has 21 heavy (non-hydrogen) atoms. The SMILES string of the molecule is COc1cccc(OC)c1OCc1ccc(F)c(CN)c1. The lowest BCUT2D eigenvalue weighted by molar-refractivity contribution is 0.265. The fraction of sp³-hybridized carbons (Fsp3) is 0.250. The van der Waals surface area contributed by atoms with Crippen molar-refractivity contribution in [1.82, 2.24) is 0 Å². The summed E-state index contributed by atoms with van der Waals surface area (Å²) in [5, 5.41) is 0. The van der Waals surface area contributed by atoms with Gasteiger partial charge in [-0.15, -0.1) is 0 Å². The average molecular weight is 291 g/mol. The normalized spacial score (nSPS) is 10.3. The summed E-state index contributed by atoms with van der Waals surface area (Å²) >= 11 is 0. The van der Waals surface area contributed by atoms with Gasteiger partial charge in [-0.05, 0) is 29.8 Å². The molecule has 0 aliphatic carbocycles. The predicted octanol–water partition coefficient (Wildman–Crippen LogP) is 2.88. The molecule has 0 aromatic heterocycles. The molecule has 112 valence electrons.